The monoisotopic (exact) mass is 377 g/mol. The van der Waals surface area contributed by atoms with Crippen molar-refractivity contribution in [3.05, 3.63) is 0 Å². The molecular formula is C20H31N3O4. The number of carbonyl (C=O) groups is 3. The highest BCUT2D eigenvalue weighted by atomic mass is 16.4. The predicted molar refractivity (Wildman–Crippen MR) is 99.0 cm³/mol. The molecule has 5 aliphatic rings. The molecule has 7 heteroatoms. The lowest BCUT2D eigenvalue weighted by molar-refractivity contribution is -0.148. The zero-order valence-corrected chi connectivity index (χ0v) is 15.9. The molecule has 3 N–H and O–H groups in total. The van der Waals surface area contributed by atoms with E-state index in [4.69, 9.17) is 5.11 Å². The van der Waals surface area contributed by atoms with Crippen LogP contribution in [0.15, 0.2) is 0 Å². The van der Waals surface area contributed by atoms with Crippen LogP contribution < -0.4 is 10.6 Å². The fourth-order valence-electron chi connectivity index (χ4n) is 6.46. The van der Waals surface area contributed by atoms with Gasteiger partial charge >= 0.3 is 12.0 Å². The van der Waals surface area contributed by atoms with Crippen LogP contribution in [-0.4, -0.2) is 52.6 Å². The highest BCUT2D eigenvalue weighted by molar-refractivity contribution is 5.84. The van der Waals surface area contributed by atoms with Gasteiger partial charge in [0.15, 0.2) is 0 Å². The zero-order chi connectivity index (χ0) is 19.0. The zero-order valence-electron chi connectivity index (χ0n) is 15.9. The number of hydrogen-bond acceptors (Lipinski definition) is 3. The summed E-state index contributed by atoms with van der Waals surface area (Å²) in [4.78, 5) is 37.3. The van der Waals surface area contributed by atoms with E-state index in [1.54, 1.807) is 0 Å². The van der Waals surface area contributed by atoms with Gasteiger partial charge in [0, 0.05) is 25.0 Å². The second kappa shape index (κ2) is 7.32. The third-order valence-corrected chi connectivity index (χ3v) is 7.13. The summed E-state index contributed by atoms with van der Waals surface area (Å²) in [5.41, 5.74) is -0.00108. The lowest BCUT2D eigenvalue weighted by atomic mass is 9.53. The molecule has 5 fully saturated rings. The van der Waals surface area contributed by atoms with E-state index in [0.717, 1.165) is 43.4 Å². The van der Waals surface area contributed by atoms with Gasteiger partial charge in [-0.3, -0.25) is 4.79 Å². The topological polar surface area (TPSA) is 98.7 Å². The fourth-order valence-corrected chi connectivity index (χ4v) is 6.46. The summed E-state index contributed by atoms with van der Waals surface area (Å²) in [5.74, 6) is 1.32. The minimum Gasteiger partial charge on any atom is -0.480 e. The average molecular weight is 377 g/mol. The first-order chi connectivity index (χ1) is 12.9. The molecular weight excluding hydrogens is 346 g/mol. The molecule has 0 unspecified atom stereocenters. The highest BCUT2D eigenvalue weighted by Gasteiger charge is 2.51. The third-order valence-electron chi connectivity index (χ3n) is 7.13. The maximum atomic E-state index is 12.4. The van der Waals surface area contributed by atoms with Crippen LogP contribution in [0.2, 0.25) is 0 Å². The van der Waals surface area contributed by atoms with Crippen molar-refractivity contribution in [3.63, 3.8) is 0 Å². The molecule has 0 aromatic rings. The molecule has 1 atom stereocenters. The van der Waals surface area contributed by atoms with E-state index in [2.05, 4.69) is 10.6 Å². The van der Waals surface area contributed by atoms with Gasteiger partial charge in [0.2, 0.25) is 5.91 Å². The minimum atomic E-state index is -0.922. The van der Waals surface area contributed by atoms with Gasteiger partial charge in [-0.15, -0.1) is 0 Å². The quantitative estimate of drug-likeness (QED) is 0.618. The maximum absolute atomic E-state index is 12.4. The summed E-state index contributed by atoms with van der Waals surface area (Å²) in [6.45, 7) is 0.964. The van der Waals surface area contributed by atoms with Crippen LogP contribution >= 0.6 is 0 Å². The van der Waals surface area contributed by atoms with Crippen LogP contribution in [0.5, 0.6) is 0 Å². The van der Waals surface area contributed by atoms with E-state index in [1.165, 1.54) is 24.2 Å². The van der Waals surface area contributed by atoms with E-state index in [1.807, 2.05) is 0 Å². The fraction of sp³-hybridized carbons (Fsp3) is 0.850. The largest absolute Gasteiger partial charge is 0.480 e. The van der Waals surface area contributed by atoms with Crippen LogP contribution in [0.25, 0.3) is 0 Å². The first-order valence-corrected chi connectivity index (χ1v) is 10.5. The van der Waals surface area contributed by atoms with Crippen LogP contribution in [0.3, 0.4) is 0 Å². The van der Waals surface area contributed by atoms with Crippen molar-refractivity contribution < 1.29 is 19.5 Å². The van der Waals surface area contributed by atoms with Crippen LogP contribution in [-0.2, 0) is 9.59 Å². The molecule has 7 nitrogen and oxygen atoms in total. The summed E-state index contributed by atoms with van der Waals surface area (Å²) < 4.78 is 0. The molecule has 0 radical (unpaired) electrons. The Labute approximate surface area is 160 Å². The number of nitrogens with one attached hydrogen (secondary N) is 2. The van der Waals surface area contributed by atoms with E-state index in [0.29, 0.717) is 25.9 Å². The van der Waals surface area contributed by atoms with Gasteiger partial charge in [0.25, 0.3) is 0 Å². The summed E-state index contributed by atoms with van der Waals surface area (Å²) in [6, 6.07) is -0.793. The van der Waals surface area contributed by atoms with E-state index in [-0.39, 0.29) is 23.9 Å². The number of urea groups is 1. The third kappa shape index (κ3) is 3.92. The van der Waals surface area contributed by atoms with E-state index >= 15 is 0 Å². The molecule has 1 aliphatic heterocycles. The van der Waals surface area contributed by atoms with Gasteiger partial charge < -0.3 is 20.6 Å². The molecule has 4 aliphatic carbocycles. The Morgan fingerprint density at radius 3 is 2.26 bits per heavy atom. The molecule has 0 aromatic carbocycles. The van der Waals surface area contributed by atoms with Gasteiger partial charge in [0.05, 0.1) is 0 Å². The molecule has 1 heterocycles. The predicted octanol–water partition coefficient (Wildman–Crippen LogP) is 2.11. The number of likely N-dealkylation sites (tertiary alicyclic amines) is 1. The first kappa shape index (κ1) is 18.6. The molecule has 150 valence electrons. The molecule has 5 rings (SSSR count). The minimum absolute atomic E-state index is 0.00108. The van der Waals surface area contributed by atoms with Crippen molar-refractivity contribution in [2.24, 2.45) is 17.8 Å². The standard InChI is InChI=1S/C20H31N3O4/c24-17(23-6-2-3-16(23)18(25)26)4-1-5-21-19(27)22-20-10-13-7-14(11-20)9-15(8-13)12-20/h13-16H,1-12H2,(H,25,26)(H2,21,22,27)/t13?,14?,15?,16-,20?/m0/s1. The Balaban J connectivity index is 1.18. The molecule has 1 saturated heterocycles. The Kier molecular flexibility index (Phi) is 5.03. The molecule has 0 aromatic heterocycles. The summed E-state index contributed by atoms with van der Waals surface area (Å²) in [5, 5.41) is 15.3. The van der Waals surface area contributed by atoms with Crippen LogP contribution in [0, 0.1) is 17.8 Å². The molecule has 3 amide bonds. The van der Waals surface area contributed by atoms with Gasteiger partial charge in [0.1, 0.15) is 6.04 Å². The summed E-state index contributed by atoms with van der Waals surface area (Å²) in [6.07, 6.45) is 9.50. The lowest BCUT2D eigenvalue weighted by Crippen LogP contribution is -2.61. The van der Waals surface area contributed by atoms with Gasteiger partial charge in [-0.2, -0.15) is 0 Å². The van der Waals surface area contributed by atoms with Gasteiger partial charge in [-0.25, -0.2) is 9.59 Å². The normalized spacial score (nSPS) is 36.7. The van der Waals surface area contributed by atoms with Crippen molar-refractivity contribution in [2.45, 2.75) is 75.8 Å². The van der Waals surface area contributed by atoms with Crippen molar-refractivity contribution in [1.82, 2.24) is 15.5 Å². The number of carbonyl (C=O) groups excluding carboxylic acids is 2. The van der Waals surface area contributed by atoms with Crippen LogP contribution in [0.4, 0.5) is 4.79 Å². The number of aliphatic carboxylic acids is 1. The number of carboxylic acids is 1. The smallest absolute Gasteiger partial charge is 0.326 e. The number of rotatable bonds is 6. The second-order valence-corrected chi connectivity index (χ2v) is 9.27. The number of nitrogens with zero attached hydrogens (tertiary/aromatic N) is 1. The van der Waals surface area contributed by atoms with Crippen molar-refractivity contribution in [2.75, 3.05) is 13.1 Å². The molecule has 4 saturated carbocycles. The second-order valence-electron chi connectivity index (χ2n) is 9.27. The lowest BCUT2D eigenvalue weighted by Gasteiger charge is -2.56. The van der Waals surface area contributed by atoms with E-state index in [9.17, 15) is 14.4 Å². The summed E-state index contributed by atoms with van der Waals surface area (Å²) in [7, 11) is 0. The van der Waals surface area contributed by atoms with Crippen molar-refractivity contribution in [3.8, 4) is 0 Å². The van der Waals surface area contributed by atoms with E-state index < -0.39 is 12.0 Å². The van der Waals surface area contributed by atoms with Gasteiger partial charge in [-0.05, 0) is 75.5 Å². The number of amides is 3. The van der Waals surface area contributed by atoms with Crippen molar-refractivity contribution in [1.29, 1.82) is 0 Å². The Morgan fingerprint density at radius 1 is 1.04 bits per heavy atom. The van der Waals surface area contributed by atoms with Crippen LogP contribution in [0.1, 0.15) is 64.2 Å². The molecule has 0 spiro atoms. The molecule has 27 heavy (non-hydrogen) atoms. The maximum Gasteiger partial charge on any atom is 0.326 e. The highest BCUT2D eigenvalue weighted by Crippen LogP contribution is 2.55. The number of hydrogen-bond donors (Lipinski definition) is 3. The average Bonchev–Trinajstić information content (AvgIpc) is 3.07. The number of carboxylic acid groups (broad SMARTS) is 1. The Morgan fingerprint density at radius 2 is 1.67 bits per heavy atom. The Bertz CT molecular complexity index is 585. The van der Waals surface area contributed by atoms with Crippen molar-refractivity contribution >= 4 is 17.9 Å². The molecule has 4 bridgehead atoms. The first-order valence-electron chi connectivity index (χ1n) is 10.5. The van der Waals surface area contributed by atoms with Gasteiger partial charge in [-0.1, -0.05) is 0 Å². The summed E-state index contributed by atoms with van der Waals surface area (Å²) >= 11 is 0. The SMILES string of the molecule is O=C(NCCCC(=O)N1CCC[C@H]1C(=O)O)NC12CC3CC(CC(C3)C1)C2. The Hall–Kier alpha value is -1.79.